The van der Waals surface area contributed by atoms with Crippen molar-refractivity contribution in [1.82, 2.24) is 15.0 Å². The molecule has 0 saturated heterocycles. The van der Waals surface area contributed by atoms with Crippen molar-refractivity contribution < 1.29 is 0 Å². The van der Waals surface area contributed by atoms with Gasteiger partial charge in [0.25, 0.3) is 0 Å². The molecular formula is C62H39N3S. The lowest BCUT2D eigenvalue weighted by atomic mass is 9.66. The molecule has 0 spiro atoms. The zero-order valence-corrected chi connectivity index (χ0v) is 36.6. The van der Waals surface area contributed by atoms with E-state index in [4.69, 9.17) is 15.0 Å². The molecule has 2 aromatic heterocycles. The van der Waals surface area contributed by atoms with Gasteiger partial charge in [-0.3, -0.25) is 0 Å². The van der Waals surface area contributed by atoms with Gasteiger partial charge in [0.05, 0.1) is 5.41 Å². The Balaban J connectivity index is 1.01. The first-order valence-corrected chi connectivity index (χ1v) is 23.2. The van der Waals surface area contributed by atoms with Crippen LogP contribution in [0.2, 0.25) is 0 Å². The summed E-state index contributed by atoms with van der Waals surface area (Å²) in [5.74, 6) is 1.88. The number of aromatic nitrogens is 3. The molecule has 66 heavy (non-hydrogen) atoms. The molecule has 4 heteroatoms. The van der Waals surface area contributed by atoms with E-state index in [0.717, 1.165) is 27.8 Å². The smallest absolute Gasteiger partial charge is 0.164 e. The van der Waals surface area contributed by atoms with Gasteiger partial charge in [-0.1, -0.05) is 231 Å². The Labute approximate surface area is 387 Å². The highest BCUT2D eigenvalue weighted by molar-refractivity contribution is 7.26. The molecule has 12 aromatic rings. The molecule has 3 nitrogen and oxygen atoms in total. The van der Waals surface area contributed by atoms with E-state index in [-0.39, 0.29) is 0 Å². The monoisotopic (exact) mass is 857 g/mol. The lowest BCUT2D eigenvalue weighted by Crippen LogP contribution is -2.29. The molecule has 0 unspecified atom stereocenters. The summed E-state index contributed by atoms with van der Waals surface area (Å²) in [5.41, 5.74) is 14.1. The summed E-state index contributed by atoms with van der Waals surface area (Å²) in [6, 6.07) is 85.1. The van der Waals surface area contributed by atoms with Crippen LogP contribution in [0.1, 0.15) is 22.3 Å². The molecule has 0 bridgehead atoms. The van der Waals surface area contributed by atoms with Crippen LogP contribution in [0.3, 0.4) is 0 Å². The van der Waals surface area contributed by atoms with E-state index in [0.29, 0.717) is 17.5 Å². The van der Waals surface area contributed by atoms with E-state index >= 15 is 0 Å². The second kappa shape index (κ2) is 15.4. The van der Waals surface area contributed by atoms with Gasteiger partial charge in [0.15, 0.2) is 17.5 Å². The molecule has 0 radical (unpaired) electrons. The number of benzene rings is 10. The fraction of sp³-hybridized carbons (Fsp3) is 0.0161. The van der Waals surface area contributed by atoms with Gasteiger partial charge < -0.3 is 0 Å². The molecule has 10 aromatic carbocycles. The van der Waals surface area contributed by atoms with Gasteiger partial charge in [-0.2, -0.15) is 0 Å². The summed E-state index contributed by atoms with van der Waals surface area (Å²) in [6.07, 6.45) is 0. The normalized spacial score (nSPS) is 12.7. The van der Waals surface area contributed by atoms with E-state index in [1.54, 1.807) is 0 Å². The zero-order chi connectivity index (χ0) is 43.6. The van der Waals surface area contributed by atoms with Crippen LogP contribution in [0.25, 0.3) is 98.5 Å². The fourth-order valence-electron chi connectivity index (χ4n) is 10.5. The average molecular weight is 858 g/mol. The van der Waals surface area contributed by atoms with Crippen molar-refractivity contribution in [3.05, 3.63) is 259 Å². The Morgan fingerprint density at radius 1 is 0.303 bits per heavy atom. The van der Waals surface area contributed by atoms with Crippen LogP contribution in [-0.2, 0) is 5.41 Å². The molecule has 0 atom stereocenters. The van der Waals surface area contributed by atoms with Gasteiger partial charge >= 0.3 is 0 Å². The Morgan fingerprint density at radius 2 is 0.773 bits per heavy atom. The maximum Gasteiger partial charge on any atom is 0.164 e. The minimum atomic E-state index is -0.632. The molecule has 1 aliphatic rings. The van der Waals surface area contributed by atoms with Gasteiger partial charge in [-0.25, -0.2) is 15.0 Å². The van der Waals surface area contributed by atoms with E-state index in [9.17, 15) is 0 Å². The van der Waals surface area contributed by atoms with Crippen LogP contribution < -0.4 is 0 Å². The number of thiophene rings is 1. The van der Waals surface area contributed by atoms with E-state index in [1.807, 2.05) is 11.3 Å². The van der Waals surface area contributed by atoms with Gasteiger partial charge in [-0.15, -0.1) is 11.3 Å². The molecule has 1 aliphatic carbocycles. The van der Waals surface area contributed by atoms with Crippen molar-refractivity contribution in [1.29, 1.82) is 0 Å². The molecule has 0 aliphatic heterocycles. The van der Waals surface area contributed by atoms with Crippen LogP contribution in [0, 0.1) is 0 Å². The molecule has 0 saturated carbocycles. The summed E-state index contributed by atoms with van der Waals surface area (Å²) >= 11 is 1.85. The highest BCUT2D eigenvalue weighted by Gasteiger charge is 2.47. The fourth-order valence-corrected chi connectivity index (χ4v) is 11.7. The summed E-state index contributed by atoms with van der Waals surface area (Å²) in [4.78, 5) is 16.2. The summed E-state index contributed by atoms with van der Waals surface area (Å²) in [5, 5.41) is 5.03. The van der Waals surface area contributed by atoms with E-state index in [2.05, 4.69) is 237 Å². The first-order valence-electron chi connectivity index (χ1n) is 22.4. The van der Waals surface area contributed by atoms with Crippen molar-refractivity contribution in [2.75, 3.05) is 0 Å². The van der Waals surface area contributed by atoms with Crippen molar-refractivity contribution in [3.63, 3.8) is 0 Å². The number of fused-ring (bicyclic) bond motifs is 7. The van der Waals surface area contributed by atoms with Crippen LogP contribution >= 0.6 is 11.3 Å². The third kappa shape index (κ3) is 5.99. The largest absolute Gasteiger partial charge is 0.208 e. The predicted molar refractivity (Wildman–Crippen MR) is 275 cm³/mol. The minimum absolute atomic E-state index is 0.622. The Bertz CT molecular complexity index is 3760. The molecule has 2 heterocycles. The van der Waals surface area contributed by atoms with E-state index < -0.39 is 5.41 Å². The van der Waals surface area contributed by atoms with Crippen molar-refractivity contribution in [2.45, 2.75) is 5.41 Å². The topological polar surface area (TPSA) is 38.7 Å². The lowest BCUT2D eigenvalue weighted by Gasteiger charge is -2.35. The molecule has 0 amide bonds. The first kappa shape index (κ1) is 38.2. The highest BCUT2D eigenvalue weighted by atomic mass is 32.1. The molecule has 308 valence electrons. The molecule has 0 fully saturated rings. The number of hydrogen-bond acceptors (Lipinski definition) is 4. The zero-order valence-electron chi connectivity index (χ0n) is 35.8. The second-order valence-corrected chi connectivity index (χ2v) is 18.1. The maximum absolute atomic E-state index is 5.45. The quantitative estimate of drug-likeness (QED) is 0.160. The molecule has 0 N–H and O–H groups in total. The Hall–Kier alpha value is -8.31. The predicted octanol–water partition coefficient (Wildman–Crippen LogP) is 16.1. The lowest BCUT2D eigenvalue weighted by molar-refractivity contribution is 0.769. The maximum atomic E-state index is 5.45. The second-order valence-electron chi connectivity index (χ2n) is 17.0. The van der Waals surface area contributed by atoms with Crippen LogP contribution in [0.4, 0.5) is 0 Å². The summed E-state index contributed by atoms with van der Waals surface area (Å²) in [7, 11) is 0. The van der Waals surface area contributed by atoms with Crippen LogP contribution in [-0.4, -0.2) is 15.0 Å². The summed E-state index contributed by atoms with van der Waals surface area (Å²) in [6.45, 7) is 0. The van der Waals surface area contributed by atoms with Crippen LogP contribution in [0.5, 0.6) is 0 Å². The third-order valence-corrected chi connectivity index (χ3v) is 14.7. The van der Waals surface area contributed by atoms with E-state index in [1.165, 1.54) is 75.5 Å². The number of rotatable bonds is 7. The molecular weight excluding hydrogens is 819 g/mol. The van der Waals surface area contributed by atoms with Crippen molar-refractivity contribution >= 4 is 42.3 Å². The number of hydrogen-bond donors (Lipinski definition) is 0. The summed E-state index contributed by atoms with van der Waals surface area (Å²) < 4.78 is 2.59. The van der Waals surface area contributed by atoms with Gasteiger partial charge in [0, 0.05) is 36.9 Å². The standard InChI is InChI=1S/C62H39N3S/c1-3-18-45(19-4-1)62(46-20-5-2-6-21-46)55-30-11-9-23-50(55)52-27-15-29-54(57(52)62)61-64-59(43-36-32-41(33-37-43)48-25-13-17-40-16-7-8-22-47(40)48)63-60(65-61)44-38-34-42(35-39-44)49-26-14-28-53-51-24-10-12-31-56(51)66-58(49)53/h1-39H. The van der Waals surface area contributed by atoms with Gasteiger partial charge in [0.2, 0.25) is 0 Å². The van der Waals surface area contributed by atoms with Crippen molar-refractivity contribution in [2.24, 2.45) is 0 Å². The average Bonchev–Trinajstić information content (AvgIpc) is 3.93. The minimum Gasteiger partial charge on any atom is -0.208 e. The van der Waals surface area contributed by atoms with Gasteiger partial charge in [-0.05, 0) is 72.5 Å². The first-order chi connectivity index (χ1) is 32.7. The number of nitrogens with zero attached hydrogens (tertiary/aromatic N) is 3. The Morgan fingerprint density at radius 3 is 1.50 bits per heavy atom. The third-order valence-electron chi connectivity index (χ3n) is 13.5. The SMILES string of the molecule is c1ccc(C2(c3ccccc3)c3ccccc3-c3cccc(-c4nc(-c5ccc(-c6cccc7ccccc67)cc5)nc(-c5ccc(-c6cccc7c6sc6ccccc67)cc5)n4)c32)cc1. The highest BCUT2D eigenvalue weighted by Crippen LogP contribution is 2.58. The Kier molecular flexibility index (Phi) is 8.93. The van der Waals surface area contributed by atoms with Crippen LogP contribution in [0.15, 0.2) is 237 Å². The van der Waals surface area contributed by atoms with Crippen molar-refractivity contribution in [3.8, 4) is 67.5 Å². The van der Waals surface area contributed by atoms with Gasteiger partial charge in [0.1, 0.15) is 0 Å². The molecule has 13 rings (SSSR count).